The van der Waals surface area contributed by atoms with Gasteiger partial charge in [0.2, 0.25) is 0 Å². The van der Waals surface area contributed by atoms with Gasteiger partial charge >= 0.3 is 0 Å². The monoisotopic (exact) mass is 431 g/mol. The molecule has 1 aromatic heterocycles. The third-order valence-electron chi connectivity index (χ3n) is 6.10. The van der Waals surface area contributed by atoms with Gasteiger partial charge in [0.25, 0.3) is 0 Å². The SMILES string of the molecule is COc1c(N)cccc1-c1cncn1C(c1ccccc1)(c1ccccc1)c1ccccc1. The number of imidazole rings is 1. The Morgan fingerprint density at radius 1 is 0.697 bits per heavy atom. The Labute approximate surface area is 193 Å². The summed E-state index contributed by atoms with van der Waals surface area (Å²) >= 11 is 0. The van der Waals surface area contributed by atoms with Crippen molar-refractivity contribution in [3.8, 4) is 17.0 Å². The lowest BCUT2D eigenvalue weighted by atomic mass is 9.76. The number of methoxy groups -OCH3 is 1. The van der Waals surface area contributed by atoms with Gasteiger partial charge in [0.05, 0.1) is 31.0 Å². The summed E-state index contributed by atoms with van der Waals surface area (Å²) in [6.45, 7) is 0. The standard InChI is InChI=1S/C29H25N3O/c1-33-28-25(18-11-19-26(28)30)27-20-31-21-32(27)29(22-12-5-2-6-13-22,23-14-7-3-8-15-23)24-16-9-4-10-17-24/h2-21H,30H2,1H3. The van der Waals surface area contributed by atoms with Crippen LogP contribution >= 0.6 is 0 Å². The lowest BCUT2D eigenvalue weighted by molar-refractivity contribution is 0.417. The number of rotatable bonds is 6. The van der Waals surface area contributed by atoms with Gasteiger partial charge in [-0.2, -0.15) is 0 Å². The van der Waals surface area contributed by atoms with Crippen LogP contribution in [-0.2, 0) is 5.54 Å². The molecule has 0 atom stereocenters. The van der Waals surface area contributed by atoms with Gasteiger partial charge in [-0.25, -0.2) is 4.98 Å². The molecular weight excluding hydrogens is 406 g/mol. The molecule has 0 aliphatic carbocycles. The summed E-state index contributed by atoms with van der Waals surface area (Å²) in [5.74, 6) is 0.641. The van der Waals surface area contributed by atoms with Gasteiger partial charge in [-0.1, -0.05) is 97.1 Å². The molecule has 0 amide bonds. The van der Waals surface area contributed by atoms with E-state index >= 15 is 0 Å². The molecule has 4 heteroatoms. The molecule has 33 heavy (non-hydrogen) atoms. The fraction of sp³-hybridized carbons (Fsp3) is 0.0690. The highest BCUT2D eigenvalue weighted by Gasteiger charge is 2.40. The Kier molecular flexibility index (Phi) is 5.41. The second-order valence-electron chi connectivity index (χ2n) is 7.89. The Morgan fingerprint density at radius 3 is 1.70 bits per heavy atom. The molecule has 162 valence electrons. The van der Waals surface area contributed by atoms with Crippen molar-refractivity contribution in [1.82, 2.24) is 9.55 Å². The highest BCUT2D eigenvalue weighted by atomic mass is 16.5. The number of hydrogen-bond donors (Lipinski definition) is 1. The van der Waals surface area contributed by atoms with Crippen molar-refractivity contribution in [2.45, 2.75) is 5.54 Å². The van der Waals surface area contributed by atoms with Crippen LogP contribution in [0, 0.1) is 0 Å². The van der Waals surface area contributed by atoms with Crippen LogP contribution in [-0.4, -0.2) is 16.7 Å². The fourth-order valence-corrected chi connectivity index (χ4v) is 4.70. The molecule has 0 radical (unpaired) electrons. The normalized spacial score (nSPS) is 11.3. The minimum Gasteiger partial charge on any atom is -0.494 e. The summed E-state index contributed by atoms with van der Waals surface area (Å²) in [6.07, 6.45) is 3.77. The first-order valence-corrected chi connectivity index (χ1v) is 10.9. The zero-order valence-electron chi connectivity index (χ0n) is 18.4. The van der Waals surface area contributed by atoms with Crippen LogP contribution in [0.15, 0.2) is 122 Å². The predicted molar refractivity (Wildman–Crippen MR) is 133 cm³/mol. The van der Waals surface area contributed by atoms with Gasteiger partial charge in [0, 0.05) is 5.56 Å². The topological polar surface area (TPSA) is 53.1 Å². The van der Waals surface area contributed by atoms with Crippen molar-refractivity contribution in [3.63, 3.8) is 0 Å². The number of hydrogen-bond acceptors (Lipinski definition) is 3. The molecule has 0 fully saturated rings. The van der Waals surface area contributed by atoms with Crippen molar-refractivity contribution in [1.29, 1.82) is 0 Å². The summed E-state index contributed by atoms with van der Waals surface area (Å²) in [7, 11) is 1.65. The number of benzene rings is 4. The fourth-order valence-electron chi connectivity index (χ4n) is 4.70. The molecule has 4 aromatic carbocycles. The smallest absolute Gasteiger partial charge is 0.151 e. The van der Waals surface area contributed by atoms with E-state index in [1.807, 2.05) is 48.9 Å². The average molecular weight is 432 g/mol. The van der Waals surface area contributed by atoms with Crippen molar-refractivity contribution in [2.75, 3.05) is 12.8 Å². The number of aromatic nitrogens is 2. The molecule has 5 aromatic rings. The van der Waals surface area contributed by atoms with Crippen LogP contribution in [0.4, 0.5) is 5.69 Å². The van der Waals surface area contributed by atoms with E-state index in [1.54, 1.807) is 7.11 Å². The van der Waals surface area contributed by atoms with Gasteiger partial charge in [-0.3, -0.25) is 0 Å². The van der Waals surface area contributed by atoms with Gasteiger partial charge in [0.15, 0.2) is 5.75 Å². The van der Waals surface area contributed by atoms with E-state index in [4.69, 9.17) is 10.5 Å². The van der Waals surface area contributed by atoms with E-state index in [-0.39, 0.29) is 0 Å². The summed E-state index contributed by atoms with van der Waals surface area (Å²) in [4.78, 5) is 4.61. The van der Waals surface area contributed by atoms with Crippen LogP contribution in [0.3, 0.4) is 0 Å². The molecule has 5 rings (SSSR count). The maximum absolute atomic E-state index is 6.28. The van der Waals surface area contributed by atoms with Gasteiger partial charge in [0.1, 0.15) is 5.54 Å². The Balaban J connectivity index is 1.91. The number of nitrogens with two attached hydrogens (primary N) is 1. The molecule has 0 spiro atoms. The van der Waals surface area contributed by atoms with Crippen molar-refractivity contribution in [3.05, 3.63) is 138 Å². The molecule has 0 aliphatic rings. The molecule has 0 bridgehead atoms. The summed E-state index contributed by atoms with van der Waals surface area (Å²) < 4.78 is 7.95. The van der Waals surface area contributed by atoms with E-state index in [0.717, 1.165) is 27.9 Å². The Hall–Kier alpha value is -4.31. The Bertz CT molecular complexity index is 1250. The first-order valence-electron chi connectivity index (χ1n) is 10.9. The summed E-state index contributed by atoms with van der Waals surface area (Å²) in [5, 5.41) is 0. The molecule has 0 saturated carbocycles. The number of nitrogen functional groups attached to an aromatic ring is 1. The maximum Gasteiger partial charge on any atom is 0.151 e. The zero-order valence-corrected chi connectivity index (χ0v) is 18.4. The average Bonchev–Trinajstić information content (AvgIpc) is 3.36. The molecular formula is C29H25N3O. The Morgan fingerprint density at radius 2 is 1.21 bits per heavy atom. The molecule has 0 saturated heterocycles. The van der Waals surface area contributed by atoms with E-state index < -0.39 is 5.54 Å². The maximum atomic E-state index is 6.28. The first kappa shape index (κ1) is 20.6. The molecule has 1 heterocycles. The van der Waals surface area contributed by atoms with E-state index in [1.165, 1.54) is 0 Å². The number of anilines is 1. The third-order valence-corrected chi connectivity index (χ3v) is 6.10. The predicted octanol–water partition coefficient (Wildman–Crippen LogP) is 5.98. The second-order valence-corrected chi connectivity index (χ2v) is 7.89. The van der Waals surface area contributed by atoms with Gasteiger partial charge < -0.3 is 15.0 Å². The molecule has 0 unspecified atom stereocenters. The van der Waals surface area contributed by atoms with Crippen molar-refractivity contribution in [2.24, 2.45) is 0 Å². The van der Waals surface area contributed by atoms with Crippen LogP contribution in [0.5, 0.6) is 5.75 Å². The van der Waals surface area contributed by atoms with E-state index in [2.05, 4.69) is 82.3 Å². The molecule has 0 aliphatic heterocycles. The zero-order chi connectivity index (χ0) is 22.7. The summed E-state index contributed by atoms with van der Waals surface area (Å²) in [5.41, 5.74) is 11.4. The van der Waals surface area contributed by atoms with E-state index in [9.17, 15) is 0 Å². The molecule has 4 nitrogen and oxygen atoms in total. The van der Waals surface area contributed by atoms with Crippen LogP contribution in [0.25, 0.3) is 11.3 Å². The molecule has 2 N–H and O–H groups in total. The lowest BCUT2D eigenvalue weighted by Gasteiger charge is -2.38. The van der Waals surface area contributed by atoms with Crippen LogP contribution < -0.4 is 10.5 Å². The number of ether oxygens (including phenoxy) is 1. The lowest BCUT2D eigenvalue weighted by Crippen LogP contribution is -2.37. The second kappa shape index (κ2) is 8.67. The van der Waals surface area contributed by atoms with Crippen LogP contribution in [0.1, 0.15) is 16.7 Å². The largest absolute Gasteiger partial charge is 0.494 e. The number of nitrogens with zero attached hydrogens (tertiary/aromatic N) is 2. The van der Waals surface area contributed by atoms with Crippen LogP contribution in [0.2, 0.25) is 0 Å². The van der Waals surface area contributed by atoms with Gasteiger partial charge in [-0.15, -0.1) is 0 Å². The van der Waals surface area contributed by atoms with Crippen molar-refractivity contribution < 1.29 is 4.74 Å². The van der Waals surface area contributed by atoms with Gasteiger partial charge in [-0.05, 0) is 28.8 Å². The highest BCUT2D eigenvalue weighted by molar-refractivity contribution is 5.76. The number of para-hydroxylation sites is 1. The third kappa shape index (κ3) is 3.37. The summed E-state index contributed by atoms with van der Waals surface area (Å²) in [6, 6.07) is 37.4. The minimum atomic E-state index is -0.661. The van der Waals surface area contributed by atoms with E-state index in [0.29, 0.717) is 11.4 Å². The quantitative estimate of drug-likeness (QED) is 0.266. The van der Waals surface area contributed by atoms with Crippen molar-refractivity contribution >= 4 is 5.69 Å². The minimum absolute atomic E-state index is 0.590. The first-order chi connectivity index (χ1) is 16.3. The highest BCUT2D eigenvalue weighted by Crippen LogP contribution is 2.45.